The number of carbonyl (C=O) groups excluding carboxylic acids is 1. The molecule has 0 saturated heterocycles. The largest absolute Gasteiger partial charge is 0.494 e. The van der Waals surface area contributed by atoms with E-state index in [9.17, 15) is 19.7 Å². The van der Waals surface area contributed by atoms with Crippen LogP contribution in [0.2, 0.25) is 0 Å². The molecule has 2 heterocycles. The summed E-state index contributed by atoms with van der Waals surface area (Å²) >= 11 is 2.45. The Morgan fingerprint density at radius 1 is 1.44 bits per heavy atom. The van der Waals surface area contributed by atoms with Crippen molar-refractivity contribution in [2.24, 2.45) is 7.05 Å². The summed E-state index contributed by atoms with van der Waals surface area (Å²) in [7, 11) is 2.97. The maximum atomic E-state index is 12.3. The summed E-state index contributed by atoms with van der Waals surface area (Å²) in [5, 5.41) is 15.7. The summed E-state index contributed by atoms with van der Waals surface area (Å²) in [6.45, 7) is 0. The van der Waals surface area contributed by atoms with E-state index in [0.717, 1.165) is 11.8 Å². The van der Waals surface area contributed by atoms with E-state index >= 15 is 0 Å². The van der Waals surface area contributed by atoms with Crippen LogP contribution in [0.25, 0.3) is 10.2 Å². The van der Waals surface area contributed by atoms with Crippen molar-refractivity contribution in [2.75, 3.05) is 18.2 Å². The zero-order valence-corrected chi connectivity index (χ0v) is 15.9. The standard InChI is InChI=1S/C16H14N4O5S2/c1-19-15(22)14-11(5-6-26-14)18-16(19)27-8-13(21)17-10-4-3-9(20(23)24)7-12(10)25-2/h3-7H,8H2,1-2H3,(H,17,21). The minimum Gasteiger partial charge on any atom is -0.494 e. The number of nitro benzene ring substituents is 1. The molecular weight excluding hydrogens is 392 g/mol. The fourth-order valence-corrected chi connectivity index (χ4v) is 3.89. The van der Waals surface area contributed by atoms with Gasteiger partial charge in [-0.1, -0.05) is 11.8 Å². The Labute approximate surface area is 161 Å². The molecule has 0 aliphatic heterocycles. The van der Waals surface area contributed by atoms with E-state index in [2.05, 4.69) is 10.3 Å². The van der Waals surface area contributed by atoms with E-state index in [0.29, 0.717) is 21.1 Å². The van der Waals surface area contributed by atoms with Crippen LogP contribution in [0.3, 0.4) is 0 Å². The molecule has 11 heteroatoms. The molecule has 0 saturated carbocycles. The summed E-state index contributed by atoms with van der Waals surface area (Å²) in [4.78, 5) is 39.2. The van der Waals surface area contributed by atoms with Gasteiger partial charge >= 0.3 is 0 Å². The van der Waals surface area contributed by atoms with Gasteiger partial charge in [-0.25, -0.2) is 4.98 Å². The van der Waals surface area contributed by atoms with Crippen molar-refractivity contribution in [3.63, 3.8) is 0 Å². The van der Waals surface area contributed by atoms with Crippen molar-refractivity contribution >= 4 is 50.6 Å². The van der Waals surface area contributed by atoms with Crippen molar-refractivity contribution in [2.45, 2.75) is 5.16 Å². The molecule has 9 nitrogen and oxygen atoms in total. The molecule has 0 atom stereocenters. The number of nitrogens with one attached hydrogen (secondary N) is 1. The molecule has 27 heavy (non-hydrogen) atoms. The monoisotopic (exact) mass is 406 g/mol. The molecule has 0 aliphatic rings. The Morgan fingerprint density at radius 3 is 2.93 bits per heavy atom. The highest BCUT2D eigenvalue weighted by Gasteiger charge is 2.15. The normalized spacial score (nSPS) is 10.7. The number of hydrogen-bond donors (Lipinski definition) is 1. The van der Waals surface area contributed by atoms with Gasteiger partial charge in [0.05, 0.1) is 35.1 Å². The first-order valence-electron chi connectivity index (χ1n) is 7.60. The number of nitrogens with zero attached hydrogens (tertiary/aromatic N) is 3. The Bertz CT molecular complexity index is 1090. The Kier molecular flexibility index (Phi) is 5.42. The van der Waals surface area contributed by atoms with Crippen LogP contribution in [0, 0.1) is 10.1 Å². The van der Waals surface area contributed by atoms with Crippen molar-refractivity contribution in [1.29, 1.82) is 0 Å². The molecular formula is C16H14N4O5S2. The highest BCUT2D eigenvalue weighted by Crippen LogP contribution is 2.29. The van der Waals surface area contributed by atoms with Crippen LogP contribution < -0.4 is 15.6 Å². The van der Waals surface area contributed by atoms with Gasteiger partial charge in [-0.2, -0.15) is 0 Å². The number of aromatic nitrogens is 2. The second-order valence-electron chi connectivity index (χ2n) is 5.37. The van der Waals surface area contributed by atoms with Crippen LogP contribution in [-0.2, 0) is 11.8 Å². The summed E-state index contributed by atoms with van der Waals surface area (Å²) in [6.07, 6.45) is 0. The third-order valence-electron chi connectivity index (χ3n) is 3.65. The minimum absolute atomic E-state index is 0.00999. The smallest absolute Gasteiger partial charge is 0.273 e. The molecule has 1 amide bonds. The molecule has 0 spiro atoms. The summed E-state index contributed by atoms with van der Waals surface area (Å²) in [6, 6.07) is 5.68. The predicted molar refractivity (Wildman–Crippen MR) is 104 cm³/mol. The maximum absolute atomic E-state index is 12.3. The number of thioether (sulfide) groups is 1. The van der Waals surface area contributed by atoms with Crippen molar-refractivity contribution in [1.82, 2.24) is 9.55 Å². The number of benzene rings is 1. The molecule has 140 valence electrons. The lowest BCUT2D eigenvalue weighted by Crippen LogP contribution is -2.20. The Balaban J connectivity index is 1.73. The molecule has 0 aliphatic carbocycles. The van der Waals surface area contributed by atoms with E-state index in [1.165, 1.54) is 41.2 Å². The van der Waals surface area contributed by atoms with Crippen LogP contribution in [-0.4, -0.2) is 33.2 Å². The van der Waals surface area contributed by atoms with E-state index in [4.69, 9.17) is 4.74 Å². The lowest BCUT2D eigenvalue weighted by molar-refractivity contribution is -0.384. The number of amides is 1. The number of rotatable bonds is 6. The van der Waals surface area contributed by atoms with E-state index < -0.39 is 4.92 Å². The van der Waals surface area contributed by atoms with E-state index in [1.807, 2.05) is 0 Å². The first-order valence-corrected chi connectivity index (χ1v) is 9.46. The number of anilines is 1. The van der Waals surface area contributed by atoms with E-state index in [1.54, 1.807) is 18.5 Å². The first-order chi connectivity index (χ1) is 12.9. The quantitative estimate of drug-likeness (QED) is 0.289. The van der Waals surface area contributed by atoms with Crippen molar-refractivity contribution in [3.8, 4) is 5.75 Å². The van der Waals surface area contributed by atoms with Gasteiger partial charge in [0.2, 0.25) is 5.91 Å². The molecule has 1 aromatic carbocycles. The van der Waals surface area contributed by atoms with Crippen LogP contribution in [0.4, 0.5) is 11.4 Å². The van der Waals surface area contributed by atoms with Gasteiger partial charge in [0.25, 0.3) is 11.2 Å². The fraction of sp³-hybridized carbons (Fsp3) is 0.188. The van der Waals surface area contributed by atoms with Gasteiger partial charge in [-0.15, -0.1) is 11.3 Å². The molecule has 0 unspecified atom stereocenters. The number of hydrogen-bond acceptors (Lipinski definition) is 8. The van der Waals surface area contributed by atoms with Gasteiger partial charge in [-0.05, 0) is 17.5 Å². The third kappa shape index (κ3) is 3.93. The van der Waals surface area contributed by atoms with Crippen molar-refractivity contribution < 1.29 is 14.5 Å². The van der Waals surface area contributed by atoms with Crippen LogP contribution in [0.15, 0.2) is 39.6 Å². The average Bonchev–Trinajstić information content (AvgIpc) is 3.12. The molecule has 3 aromatic rings. The van der Waals surface area contributed by atoms with Gasteiger partial charge < -0.3 is 10.1 Å². The van der Waals surface area contributed by atoms with Crippen LogP contribution in [0.1, 0.15) is 0 Å². The highest BCUT2D eigenvalue weighted by molar-refractivity contribution is 7.99. The van der Waals surface area contributed by atoms with Gasteiger partial charge in [0.15, 0.2) is 5.16 Å². The number of carbonyl (C=O) groups is 1. The summed E-state index contributed by atoms with van der Waals surface area (Å²) < 4.78 is 7.07. The first kappa shape index (κ1) is 18.9. The summed E-state index contributed by atoms with van der Waals surface area (Å²) in [5.74, 6) is -0.157. The lowest BCUT2D eigenvalue weighted by atomic mass is 10.2. The van der Waals surface area contributed by atoms with Crippen LogP contribution in [0.5, 0.6) is 5.75 Å². The summed E-state index contributed by atoms with van der Waals surface area (Å²) in [5.41, 5.74) is 0.629. The lowest BCUT2D eigenvalue weighted by Gasteiger charge is -2.10. The molecule has 2 aromatic heterocycles. The molecule has 0 bridgehead atoms. The average molecular weight is 406 g/mol. The highest BCUT2D eigenvalue weighted by atomic mass is 32.2. The fourth-order valence-electron chi connectivity index (χ4n) is 2.31. The topological polar surface area (TPSA) is 116 Å². The number of methoxy groups -OCH3 is 1. The van der Waals surface area contributed by atoms with Crippen molar-refractivity contribution in [3.05, 3.63) is 50.1 Å². The number of non-ortho nitro benzene ring substituents is 1. The van der Waals surface area contributed by atoms with Crippen LogP contribution >= 0.6 is 23.1 Å². The number of ether oxygens (including phenoxy) is 1. The zero-order valence-electron chi connectivity index (χ0n) is 14.3. The molecule has 0 fully saturated rings. The molecule has 1 N–H and O–H groups in total. The molecule has 3 rings (SSSR count). The second-order valence-corrected chi connectivity index (χ2v) is 7.23. The van der Waals surface area contributed by atoms with E-state index in [-0.39, 0.29) is 28.7 Å². The SMILES string of the molecule is COc1cc([N+](=O)[O-])ccc1NC(=O)CSc1nc2ccsc2c(=O)n1C. The maximum Gasteiger partial charge on any atom is 0.273 e. The number of fused-ring (bicyclic) bond motifs is 1. The number of thiophene rings is 1. The van der Waals surface area contributed by atoms with Gasteiger partial charge in [-0.3, -0.25) is 24.3 Å². The predicted octanol–water partition coefficient (Wildman–Crippen LogP) is 2.64. The Morgan fingerprint density at radius 2 is 2.22 bits per heavy atom. The number of nitro groups is 1. The van der Waals surface area contributed by atoms with Gasteiger partial charge in [0.1, 0.15) is 10.4 Å². The Hall–Kier alpha value is -2.92. The zero-order chi connectivity index (χ0) is 19.6. The van der Waals surface area contributed by atoms with Gasteiger partial charge in [0, 0.05) is 13.1 Å². The minimum atomic E-state index is -0.545. The molecule has 0 radical (unpaired) electrons. The second kappa shape index (κ2) is 7.76. The third-order valence-corrected chi connectivity index (χ3v) is 5.57.